The summed E-state index contributed by atoms with van der Waals surface area (Å²) in [6.45, 7) is 6.34. The van der Waals surface area contributed by atoms with E-state index < -0.39 is 0 Å². The first-order valence-electron chi connectivity index (χ1n) is 9.54. The number of rotatable bonds is 4. The van der Waals surface area contributed by atoms with E-state index in [2.05, 4.69) is 47.2 Å². The van der Waals surface area contributed by atoms with Crippen molar-refractivity contribution in [2.75, 3.05) is 18.0 Å². The smallest absolute Gasteiger partial charge is 0.298 e. The van der Waals surface area contributed by atoms with Gasteiger partial charge in [-0.3, -0.25) is 4.79 Å². The number of nitrogens with one attached hydrogen (secondary N) is 1. The molecule has 0 radical (unpaired) electrons. The number of amides is 1. The SMILES string of the molecule is Cc1ccc(CNC(=O)C2CCN(c3nc4ccccc4o3)CC2)c(C)c1. The first kappa shape index (κ1) is 17.6. The third kappa shape index (κ3) is 3.82. The van der Waals surface area contributed by atoms with Crippen molar-refractivity contribution in [3.8, 4) is 0 Å². The Kier molecular flexibility index (Phi) is 4.84. The Balaban J connectivity index is 1.32. The van der Waals surface area contributed by atoms with Crippen LogP contribution in [0.15, 0.2) is 46.9 Å². The number of carbonyl (C=O) groups is 1. The van der Waals surface area contributed by atoms with Crippen molar-refractivity contribution in [1.82, 2.24) is 10.3 Å². The predicted molar refractivity (Wildman–Crippen MR) is 107 cm³/mol. The molecule has 1 aliphatic rings. The van der Waals surface area contributed by atoms with E-state index in [9.17, 15) is 4.79 Å². The minimum absolute atomic E-state index is 0.0522. The lowest BCUT2D eigenvalue weighted by Gasteiger charge is -2.30. The zero-order valence-corrected chi connectivity index (χ0v) is 15.9. The molecule has 2 heterocycles. The number of oxazole rings is 1. The van der Waals surface area contributed by atoms with Crippen LogP contribution in [0.4, 0.5) is 6.01 Å². The van der Waals surface area contributed by atoms with Crippen LogP contribution in [0.1, 0.15) is 29.5 Å². The molecule has 0 unspecified atom stereocenters. The summed E-state index contributed by atoms with van der Waals surface area (Å²) in [6, 6.07) is 14.8. The van der Waals surface area contributed by atoms with Gasteiger partial charge in [-0.25, -0.2) is 0 Å². The average molecular weight is 363 g/mol. The standard InChI is InChI=1S/C22H25N3O2/c1-15-7-8-18(16(2)13-15)14-23-21(26)17-9-11-25(12-10-17)22-24-19-5-3-4-6-20(19)27-22/h3-8,13,17H,9-12,14H2,1-2H3,(H,23,26). The van der Waals surface area contributed by atoms with Crippen LogP contribution in [0.2, 0.25) is 0 Å². The number of hydrogen-bond donors (Lipinski definition) is 1. The number of aryl methyl sites for hydroxylation is 2. The van der Waals surface area contributed by atoms with Crippen LogP contribution in [0, 0.1) is 19.8 Å². The number of anilines is 1. The molecule has 2 aromatic carbocycles. The van der Waals surface area contributed by atoms with E-state index in [4.69, 9.17) is 4.42 Å². The summed E-state index contributed by atoms with van der Waals surface area (Å²) in [5.41, 5.74) is 5.33. The second kappa shape index (κ2) is 7.43. The quantitative estimate of drug-likeness (QED) is 0.762. The van der Waals surface area contributed by atoms with Crippen molar-refractivity contribution >= 4 is 23.0 Å². The molecule has 0 saturated carbocycles. The van der Waals surface area contributed by atoms with Crippen LogP contribution < -0.4 is 10.2 Å². The maximum absolute atomic E-state index is 12.6. The van der Waals surface area contributed by atoms with E-state index in [1.807, 2.05) is 24.3 Å². The minimum atomic E-state index is 0.0522. The van der Waals surface area contributed by atoms with Gasteiger partial charge in [0.05, 0.1) is 0 Å². The van der Waals surface area contributed by atoms with E-state index in [0.29, 0.717) is 12.6 Å². The molecule has 1 amide bonds. The van der Waals surface area contributed by atoms with E-state index in [1.165, 1.54) is 16.7 Å². The fourth-order valence-electron chi connectivity index (χ4n) is 3.70. The van der Waals surface area contributed by atoms with Gasteiger partial charge in [-0.05, 0) is 49.9 Å². The lowest BCUT2D eigenvalue weighted by atomic mass is 9.96. The molecule has 0 aliphatic carbocycles. The summed E-state index contributed by atoms with van der Waals surface area (Å²) in [5, 5.41) is 3.11. The van der Waals surface area contributed by atoms with Crippen LogP contribution in [0.25, 0.3) is 11.1 Å². The topological polar surface area (TPSA) is 58.4 Å². The maximum Gasteiger partial charge on any atom is 0.298 e. The number of para-hydroxylation sites is 2. The first-order valence-corrected chi connectivity index (χ1v) is 9.54. The fourth-order valence-corrected chi connectivity index (χ4v) is 3.70. The van der Waals surface area contributed by atoms with Crippen LogP contribution in [-0.2, 0) is 11.3 Å². The lowest BCUT2D eigenvalue weighted by molar-refractivity contribution is -0.125. The third-order valence-electron chi connectivity index (χ3n) is 5.37. The minimum Gasteiger partial charge on any atom is -0.423 e. The van der Waals surface area contributed by atoms with E-state index >= 15 is 0 Å². The second-order valence-corrected chi connectivity index (χ2v) is 7.37. The van der Waals surface area contributed by atoms with Gasteiger partial charge in [0.1, 0.15) is 5.52 Å². The monoisotopic (exact) mass is 363 g/mol. The predicted octanol–water partition coefficient (Wildman–Crippen LogP) is 3.98. The number of fused-ring (bicyclic) bond motifs is 1. The number of nitrogens with zero attached hydrogens (tertiary/aromatic N) is 2. The molecule has 1 aliphatic heterocycles. The van der Waals surface area contributed by atoms with Gasteiger partial charge in [0, 0.05) is 25.6 Å². The Hall–Kier alpha value is -2.82. The highest BCUT2D eigenvalue weighted by Gasteiger charge is 2.27. The number of carbonyl (C=O) groups excluding carboxylic acids is 1. The largest absolute Gasteiger partial charge is 0.423 e. The number of hydrogen-bond acceptors (Lipinski definition) is 4. The molecule has 0 spiro atoms. The summed E-state index contributed by atoms with van der Waals surface area (Å²) in [5.74, 6) is 0.198. The molecule has 1 aromatic heterocycles. The van der Waals surface area contributed by atoms with E-state index in [0.717, 1.165) is 37.0 Å². The summed E-state index contributed by atoms with van der Waals surface area (Å²) < 4.78 is 5.85. The molecular formula is C22H25N3O2. The van der Waals surface area contributed by atoms with Crippen LogP contribution in [0.5, 0.6) is 0 Å². The first-order chi connectivity index (χ1) is 13.1. The molecule has 1 N–H and O–H groups in total. The molecule has 0 atom stereocenters. The van der Waals surface area contributed by atoms with Gasteiger partial charge < -0.3 is 14.6 Å². The molecule has 0 bridgehead atoms. The number of aromatic nitrogens is 1. The van der Waals surface area contributed by atoms with Crippen molar-refractivity contribution < 1.29 is 9.21 Å². The van der Waals surface area contributed by atoms with Crippen molar-refractivity contribution in [3.05, 3.63) is 59.2 Å². The number of benzene rings is 2. The highest BCUT2D eigenvalue weighted by Crippen LogP contribution is 2.26. The van der Waals surface area contributed by atoms with Crippen LogP contribution in [0.3, 0.4) is 0 Å². The van der Waals surface area contributed by atoms with Gasteiger partial charge in [-0.2, -0.15) is 4.98 Å². The molecule has 5 nitrogen and oxygen atoms in total. The Morgan fingerprint density at radius 3 is 2.70 bits per heavy atom. The summed E-state index contributed by atoms with van der Waals surface area (Å²) in [6.07, 6.45) is 1.63. The summed E-state index contributed by atoms with van der Waals surface area (Å²) in [7, 11) is 0. The highest BCUT2D eigenvalue weighted by molar-refractivity contribution is 5.79. The Morgan fingerprint density at radius 2 is 1.96 bits per heavy atom. The van der Waals surface area contributed by atoms with Crippen molar-refractivity contribution in [1.29, 1.82) is 0 Å². The molecule has 140 valence electrons. The fraction of sp³-hybridized carbons (Fsp3) is 0.364. The summed E-state index contributed by atoms with van der Waals surface area (Å²) in [4.78, 5) is 19.3. The van der Waals surface area contributed by atoms with Gasteiger partial charge in [-0.1, -0.05) is 35.9 Å². The molecule has 5 heteroatoms. The third-order valence-corrected chi connectivity index (χ3v) is 5.37. The summed E-state index contributed by atoms with van der Waals surface area (Å²) >= 11 is 0. The van der Waals surface area contributed by atoms with Gasteiger partial charge >= 0.3 is 0 Å². The van der Waals surface area contributed by atoms with Crippen molar-refractivity contribution in [2.24, 2.45) is 5.92 Å². The van der Waals surface area contributed by atoms with E-state index in [-0.39, 0.29) is 11.8 Å². The Labute approximate surface area is 159 Å². The zero-order chi connectivity index (χ0) is 18.8. The Morgan fingerprint density at radius 1 is 1.19 bits per heavy atom. The van der Waals surface area contributed by atoms with Crippen molar-refractivity contribution in [2.45, 2.75) is 33.2 Å². The lowest BCUT2D eigenvalue weighted by Crippen LogP contribution is -2.40. The van der Waals surface area contributed by atoms with Crippen LogP contribution >= 0.6 is 0 Å². The molecule has 3 aromatic rings. The molecule has 1 fully saturated rings. The Bertz CT molecular complexity index is 922. The van der Waals surface area contributed by atoms with Crippen LogP contribution in [-0.4, -0.2) is 24.0 Å². The van der Waals surface area contributed by atoms with Gasteiger partial charge in [0.2, 0.25) is 5.91 Å². The normalized spacial score (nSPS) is 15.3. The highest BCUT2D eigenvalue weighted by atomic mass is 16.4. The van der Waals surface area contributed by atoms with E-state index in [1.54, 1.807) is 0 Å². The zero-order valence-electron chi connectivity index (χ0n) is 15.9. The van der Waals surface area contributed by atoms with Gasteiger partial charge in [0.15, 0.2) is 5.58 Å². The maximum atomic E-state index is 12.6. The van der Waals surface area contributed by atoms with Gasteiger partial charge in [0.25, 0.3) is 6.01 Å². The number of piperidine rings is 1. The molecule has 4 rings (SSSR count). The molecule has 1 saturated heterocycles. The molecule has 27 heavy (non-hydrogen) atoms. The van der Waals surface area contributed by atoms with Crippen molar-refractivity contribution in [3.63, 3.8) is 0 Å². The molecular weight excluding hydrogens is 338 g/mol. The average Bonchev–Trinajstić information content (AvgIpc) is 3.11. The van der Waals surface area contributed by atoms with Gasteiger partial charge in [-0.15, -0.1) is 0 Å². The second-order valence-electron chi connectivity index (χ2n) is 7.37.